The first-order chi connectivity index (χ1) is 17.6. The summed E-state index contributed by atoms with van der Waals surface area (Å²) in [6.07, 6.45) is -2.15. The maximum absolute atomic E-state index is 12.6. The van der Waals surface area contributed by atoms with E-state index < -0.39 is 25.2 Å². The Hall–Kier alpha value is -2.90. The Bertz CT molecular complexity index is 1290. The van der Waals surface area contributed by atoms with E-state index in [9.17, 15) is 26.3 Å². The van der Waals surface area contributed by atoms with Crippen LogP contribution in [0.15, 0.2) is 49.1 Å². The summed E-state index contributed by atoms with van der Waals surface area (Å²) in [6.45, 7) is 9.18. The first-order valence-corrected chi connectivity index (χ1v) is 13.0. The molecule has 2 heterocycles. The SMILES string of the molecule is CC1(C)c2cc3c(cc2-c2cc[n+](CCCC(F)(F)F)cc21)C(C)(C)c1c[n+](CCCC(F)(F)F)ccc1-3. The van der Waals surface area contributed by atoms with Gasteiger partial charge in [-0.15, -0.1) is 0 Å². The van der Waals surface area contributed by atoms with Crippen molar-refractivity contribution in [1.29, 1.82) is 0 Å². The maximum atomic E-state index is 12.6. The summed E-state index contributed by atoms with van der Waals surface area (Å²) in [5, 5.41) is 0. The van der Waals surface area contributed by atoms with Gasteiger partial charge in [-0.05, 0) is 45.5 Å². The molecule has 2 aromatic heterocycles. The van der Waals surface area contributed by atoms with E-state index in [-0.39, 0.29) is 23.7 Å². The van der Waals surface area contributed by atoms with Gasteiger partial charge in [-0.1, -0.05) is 27.7 Å². The molecule has 0 saturated carbocycles. The zero-order valence-corrected chi connectivity index (χ0v) is 22.0. The number of hydrogen-bond donors (Lipinski definition) is 0. The first-order valence-electron chi connectivity index (χ1n) is 13.0. The van der Waals surface area contributed by atoms with Crippen molar-refractivity contribution in [2.75, 3.05) is 0 Å². The van der Waals surface area contributed by atoms with Crippen LogP contribution in [-0.4, -0.2) is 12.4 Å². The predicted molar refractivity (Wildman–Crippen MR) is 133 cm³/mol. The molecule has 38 heavy (non-hydrogen) atoms. The van der Waals surface area contributed by atoms with Crippen molar-refractivity contribution in [3.8, 4) is 22.3 Å². The van der Waals surface area contributed by atoms with Crippen molar-refractivity contribution < 1.29 is 35.5 Å². The average Bonchev–Trinajstić information content (AvgIpc) is 3.16. The standard InChI is InChI=1S/C30H32F6N2/c1-27(2)23-15-22-20-8-14-38(12-6-10-30(34,35)36)18-26(20)28(3,4)24(22)16-21(23)19-7-13-37(17-25(19)27)11-5-9-29(31,32)33/h7-8,13-18H,5-6,9-12H2,1-4H3/q+2. The highest BCUT2D eigenvalue weighted by Gasteiger charge is 2.43. The molecule has 0 aliphatic heterocycles. The van der Waals surface area contributed by atoms with Crippen LogP contribution in [0.2, 0.25) is 0 Å². The van der Waals surface area contributed by atoms with Crippen molar-refractivity contribution in [3.05, 3.63) is 71.3 Å². The summed E-state index contributed by atoms with van der Waals surface area (Å²) in [5.74, 6) is 0. The highest BCUT2D eigenvalue weighted by atomic mass is 19.4. The topological polar surface area (TPSA) is 7.76 Å². The number of nitrogens with zero attached hydrogens (tertiary/aromatic N) is 2. The Kier molecular flexibility index (Phi) is 6.19. The van der Waals surface area contributed by atoms with Gasteiger partial charge in [-0.25, -0.2) is 9.13 Å². The molecule has 0 N–H and O–H groups in total. The average molecular weight is 535 g/mol. The number of fused-ring (bicyclic) bond motifs is 6. The van der Waals surface area contributed by atoms with Crippen molar-refractivity contribution in [3.63, 3.8) is 0 Å². The van der Waals surface area contributed by atoms with Crippen molar-refractivity contribution >= 4 is 0 Å². The zero-order chi connectivity index (χ0) is 27.7. The Morgan fingerprint density at radius 2 is 0.947 bits per heavy atom. The number of alkyl halides is 6. The molecule has 0 bridgehead atoms. The number of aromatic nitrogens is 2. The molecule has 0 unspecified atom stereocenters. The lowest BCUT2D eigenvalue weighted by Gasteiger charge is -2.23. The fourth-order valence-corrected chi connectivity index (χ4v) is 6.11. The molecule has 2 aliphatic rings. The molecule has 5 rings (SSSR count). The third kappa shape index (κ3) is 4.71. The van der Waals surface area contributed by atoms with Gasteiger partial charge in [0, 0.05) is 59.8 Å². The molecule has 0 spiro atoms. The molecule has 0 saturated heterocycles. The maximum Gasteiger partial charge on any atom is 0.389 e. The van der Waals surface area contributed by atoms with Crippen LogP contribution in [-0.2, 0) is 23.9 Å². The minimum atomic E-state index is -4.15. The van der Waals surface area contributed by atoms with Gasteiger partial charge in [0.05, 0.1) is 0 Å². The molecule has 0 fully saturated rings. The summed E-state index contributed by atoms with van der Waals surface area (Å²) in [5.41, 5.74) is 8.32. The fourth-order valence-electron chi connectivity index (χ4n) is 6.11. The lowest BCUT2D eigenvalue weighted by Crippen LogP contribution is -2.35. The minimum Gasteiger partial charge on any atom is -0.205 e. The monoisotopic (exact) mass is 534 g/mol. The molecule has 3 aromatic rings. The Morgan fingerprint density at radius 1 is 0.579 bits per heavy atom. The number of hydrogen-bond acceptors (Lipinski definition) is 0. The fraction of sp³-hybridized carbons (Fsp3) is 0.467. The molecular weight excluding hydrogens is 502 g/mol. The molecular formula is C30H32F6N2+2. The van der Waals surface area contributed by atoms with Crippen LogP contribution < -0.4 is 9.13 Å². The summed E-state index contributed by atoms with van der Waals surface area (Å²) in [6, 6.07) is 8.49. The van der Waals surface area contributed by atoms with Crippen LogP contribution in [0.1, 0.15) is 75.6 Å². The largest absolute Gasteiger partial charge is 0.389 e. The Balaban J connectivity index is 1.47. The van der Waals surface area contributed by atoms with Crippen LogP contribution in [0.5, 0.6) is 0 Å². The Labute approximate surface area is 218 Å². The van der Waals surface area contributed by atoms with Crippen molar-refractivity contribution in [1.82, 2.24) is 0 Å². The molecule has 202 valence electrons. The van der Waals surface area contributed by atoms with Crippen LogP contribution >= 0.6 is 0 Å². The van der Waals surface area contributed by atoms with E-state index in [2.05, 4.69) is 39.8 Å². The molecule has 0 radical (unpaired) electrons. The van der Waals surface area contributed by atoms with Gasteiger partial charge in [0.1, 0.15) is 13.1 Å². The van der Waals surface area contributed by atoms with Gasteiger partial charge in [-0.3, -0.25) is 0 Å². The van der Waals surface area contributed by atoms with E-state index >= 15 is 0 Å². The molecule has 0 amide bonds. The second kappa shape index (κ2) is 8.82. The second-order valence-electron chi connectivity index (χ2n) is 11.7. The third-order valence-corrected chi connectivity index (χ3v) is 8.22. The zero-order valence-electron chi connectivity index (χ0n) is 22.0. The van der Waals surface area contributed by atoms with Gasteiger partial charge in [0.15, 0.2) is 24.8 Å². The van der Waals surface area contributed by atoms with Gasteiger partial charge in [0.2, 0.25) is 0 Å². The van der Waals surface area contributed by atoms with Crippen LogP contribution in [0.4, 0.5) is 26.3 Å². The molecule has 2 nitrogen and oxygen atoms in total. The van der Waals surface area contributed by atoms with Gasteiger partial charge in [-0.2, -0.15) is 26.3 Å². The van der Waals surface area contributed by atoms with E-state index in [1.165, 1.54) is 11.1 Å². The van der Waals surface area contributed by atoms with E-state index in [1.54, 1.807) is 0 Å². The van der Waals surface area contributed by atoms with Crippen molar-refractivity contribution in [2.24, 2.45) is 0 Å². The molecule has 1 aromatic carbocycles. The lowest BCUT2D eigenvalue weighted by molar-refractivity contribution is -0.698. The highest BCUT2D eigenvalue weighted by molar-refractivity contribution is 5.88. The number of aryl methyl sites for hydroxylation is 2. The normalized spacial score (nSPS) is 16.7. The summed E-state index contributed by atoms with van der Waals surface area (Å²) < 4.78 is 79.5. The Morgan fingerprint density at radius 3 is 1.29 bits per heavy atom. The summed E-state index contributed by atoms with van der Waals surface area (Å²) in [4.78, 5) is 0. The molecule has 8 heteroatoms. The van der Waals surface area contributed by atoms with Crippen LogP contribution in [0.3, 0.4) is 0 Å². The highest BCUT2D eigenvalue weighted by Crippen LogP contribution is 2.55. The quantitative estimate of drug-likeness (QED) is 0.228. The van der Waals surface area contributed by atoms with E-state index in [1.807, 2.05) is 46.1 Å². The smallest absolute Gasteiger partial charge is 0.205 e. The number of pyridine rings is 2. The van der Waals surface area contributed by atoms with Crippen molar-refractivity contribution in [2.45, 2.75) is 89.7 Å². The number of benzene rings is 1. The summed E-state index contributed by atoms with van der Waals surface area (Å²) >= 11 is 0. The predicted octanol–water partition coefficient (Wildman–Crippen LogP) is 7.56. The van der Waals surface area contributed by atoms with Gasteiger partial charge in [0.25, 0.3) is 0 Å². The minimum absolute atomic E-state index is 0.0375. The number of halogens is 6. The summed E-state index contributed by atoms with van der Waals surface area (Å²) in [7, 11) is 0. The third-order valence-electron chi connectivity index (χ3n) is 8.22. The molecule has 0 atom stereocenters. The lowest BCUT2D eigenvalue weighted by atomic mass is 9.79. The van der Waals surface area contributed by atoms with E-state index in [0.717, 1.165) is 33.4 Å². The second-order valence-corrected chi connectivity index (χ2v) is 11.7. The van der Waals surface area contributed by atoms with Gasteiger partial charge < -0.3 is 0 Å². The van der Waals surface area contributed by atoms with E-state index in [0.29, 0.717) is 13.1 Å². The number of rotatable bonds is 6. The van der Waals surface area contributed by atoms with Crippen LogP contribution in [0.25, 0.3) is 22.3 Å². The molecule has 2 aliphatic carbocycles. The van der Waals surface area contributed by atoms with E-state index in [4.69, 9.17) is 0 Å². The van der Waals surface area contributed by atoms with Gasteiger partial charge >= 0.3 is 12.4 Å². The van der Waals surface area contributed by atoms with Crippen LogP contribution in [0, 0.1) is 0 Å². The first kappa shape index (κ1) is 26.7.